The topological polar surface area (TPSA) is 49.7 Å². The van der Waals surface area contributed by atoms with E-state index in [0.717, 1.165) is 4.90 Å². The van der Waals surface area contributed by atoms with E-state index in [1.54, 1.807) is 24.3 Å². The van der Waals surface area contributed by atoms with Gasteiger partial charge in [-0.2, -0.15) is 17.6 Å². The maximum Gasteiger partial charge on any atom is 0.350 e. The van der Waals surface area contributed by atoms with Gasteiger partial charge in [0, 0.05) is 12.3 Å². The van der Waals surface area contributed by atoms with Crippen molar-refractivity contribution in [3.8, 4) is 0 Å². The van der Waals surface area contributed by atoms with Gasteiger partial charge in [0.1, 0.15) is 0 Å². The minimum Gasteiger partial charge on any atom is -0.273 e. The van der Waals surface area contributed by atoms with Gasteiger partial charge in [-0.05, 0) is 6.08 Å². The Morgan fingerprint density at radius 2 is 2.20 bits per heavy atom. The van der Waals surface area contributed by atoms with Gasteiger partial charge in [-0.3, -0.25) is 9.69 Å². The van der Waals surface area contributed by atoms with E-state index in [1.165, 1.54) is 0 Å². The van der Waals surface area contributed by atoms with Crippen LogP contribution in [0.25, 0.3) is 0 Å². The first kappa shape index (κ1) is 10.2. The van der Waals surface area contributed by atoms with Crippen molar-refractivity contribution in [2.24, 2.45) is 10.9 Å². The molecule has 0 spiro atoms. The Kier molecular flexibility index (Phi) is 2.73. The summed E-state index contributed by atoms with van der Waals surface area (Å²) in [6.07, 6.45) is 7.00. The van der Waals surface area contributed by atoms with E-state index in [0.29, 0.717) is 18.0 Å². The van der Waals surface area contributed by atoms with Crippen LogP contribution < -0.4 is 0 Å². The Balaban J connectivity index is 2.33. The zero-order valence-corrected chi connectivity index (χ0v) is 8.85. The molecule has 1 unspecified atom stereocenters. The highest BCUT2D eigenvalue weighted by Crippen LogP contribution is 2.19. The van der Waals surface area contributed by atoms with Crippen molar-refractivity contribution in [2.75, 3.05) is 12.3 Å². The lowest BCUT2D eigenvalue weighted by Gasteiger charge is -2.27. The predicted molar refractivity (Wildman–Crippen MR) is 60.2 cm³/mol. The van der Waals surface area contributed by atoms with Crippen LogP contribution in [0.2, 0.25) is 0 Å². The number of rotatable bonds is 2. The number of thiol groups is 1. The Labute approximate surface area is 92.8 Å². The van der Waals surface area contributed by atoms with Gasteiger partial charge in [0.05, 0.1) is 11.6 Å². The van der Waals surface area contributed by atoms with E-state index in [1.807, 2.05) is 0 Å². The molecule has 0 aromatic heterocycles. The molecule has 2 rings (SSSR count). The SMILES string of the molecule is O=C1N=C2C=CC=CC2C(=O)N1CCS. The largest absolute Gasteiger partial charge is 0.350 e. The highest BCUT2D eigenvalue weighted by molar-refractivity contribution is 7.80. The molecular formula is C10H10N2O2S. The molecule has 78 valence electrons. The minimum absolute atomic E-state index is 0.209. The molecule has 0 aromatic rings. The molecule has 5 heteroatoms. The lowest BCUT2D eigenvalue weighted by Crippen LogP contribution is -2.46. The maximum atomic E-state index is 11.9. The first-order valence-corrected chi connectivity index (χ1v) is 5.27. The second kappa shape index (κ2) is 4.02. The molecule has 4 nitrogen and oxygen atoms in total. The number of nitrogens with zero attached hydrogens (tertiary/aromatic N) is 2. The van der Waals surface area contributed by atoms with Crippen molar-refractivity contribution in [1.29, 1.82) is 0 Å². The average Bonchev–Trinajstić information content (AvgIpc) is 2.24. The summed E-state index contributed by atoms with van der Waals surface area (Å²) in [6, 6.07) is -0.486. The molecule has 1 atom stereocenters. The fourth-order valence-electron chi connectivity index (χ4n) is 1.59. The van der Waals surface area contributed by atoms with Crippen LogP contribution in [0.3, 0.4) is 0 Å². The van der Waals surface area contributed by atoms with Crippen LogP contribution in [-0.2, 0) is 4.79 Å². The van der Waals surface area contributed by atoms with Crippen molar-refractivity contribution in [3.05, 3.63) is 24.3 Å². The van der Waals surface area contributed by atoms with Gasteiger partial charge in [-0.15, -0.1) is 0 Å². The zero-order valence-electron chi connectivity index (χ0n) is 7.96. The maximum absolute atomic E-state index is 11.9. The number of carbonyl (C=O) groups excluding carboxylic acids is 2. The van der Waals surface area contributed by atoms with Gasteiger partial charge >= 0.3 is 6.03 Å². The van der Waals surface area contributed by atoms with Gasteiger partial charge < -0.3 is 0 Å². The highest BCUT2D eigenvalue weighted by Gasteiger charge is 2.34. The summed E-state index contributed by atoms with van der Waals surface area (Å²) in [5.41, 5.74) is 0.530. The summed E-state index contributed by atoms with van der Waals surface area (Å²) in [4.78, 5) is 28.3. The molecular weight excluding hydrogens is 212 g/mol. The van der Waals surface area contributed by atoms with Crippen LogP contribution in [0.1, 0.15) is 0 Å². The van der Waals surface area contributed by atoms with Gasteiger partial charge in [0.2, 0.25) is 5.91 Å². The molecule has 2 aliphatic rings. The fourth-order valence-corrected chi connectivity index (χ4v) is 1.79. The van der Waals surface area contributed by atoms with Crippen molar-refractivity contribution >= 4 is 30.3 Å². The van der Waals surface area contributed by atoms with Crippen LogP contribution >= 0.6 is 12.6 Å². The molecule has 0 fully saturated rings. The molecule has 0 saturated carbocycles. The molecule has 1 heterocycles. The lowest BCUT2D eigenvalue weighted by molar-refractivity contribution is -0.129. The molecule has 0 N–H and O–H groups in total. The van der Waals surface area contributed by atoms with Gasteiger partial charge in [0.25, 0.3) is 0 Å². The summed E-state index contributed by atoms with van der Waals surface area (Å²) < 4.78 is 0. The van der Waals surface area contributed by atoms with Crippen molar-refractivity contribution in [3.63, 3.8) is 0 Å². The number of aliphatic imine (C=N–C) groups is 1. The highest BCUT2D eigenvalue weighted by atomic mass is 32.1. The van der Waals surface area contributed by atoms with Crippen molar-refractivity contribution in [2.45, 2.75) is 0 Å². The van der Waals surface area contributed by atoms with Gasteiger partial charge in [-0.25, -0.2) is 4.79 Å². The van der Waals surface area contributed by atoms with Crippen LogP contribution in [-0.4, -0.2) is 34.8 Å². The number of carbonyl (C=O) groups is 2. The fraction of sp³-hybridized carbons (Fsp3) is 0.300. The molecule has 1 aliphatic heterocycles. The number of hydrogen-bond acceptors (Lipinski definition) is 3. The molecule has 0 saturated heterocycles. The van der Waals surface area contributed by atoms with Crippen LogP contribution in [0.4, 0.5) is 4.79 Å². The molecule has 15 heavy (non-hydrogen) atoms. The van der Waals surface area contributed by atoms with Crippen LogP contribution in [0.5, 0.6) is 0 Å². The third-order valence-corrected chi connectivity index (χ3v) is 2.51. The van der Waals surface area contributed by atoms with Crippen molar-refractivity contribution < 1.29 is 9.59 Å². The second-order valence-electron chi connectivity index (χ2n) is 3.25. The van der Waals surface area contributed by atoms with E-state index >= 15 is 0 Å². The summed E-state index contributed by atoms with van der Waals surface area (Å²) in [7, 11) is 0. The molecule has 0 bridgehead atoms. The number of urea groups is 1. The van der Waals surface area contributed by atoms with E-state index < -0.39 is 11.9 Å². The Morgan fingerprint density at radius 1 is 1.40 bits per heavy atom. The molecule has 0 radical (unpaired) electrons. The Hall–Kier alpha value is -1.36. The van der Waals surface area contributed by atoms with Crippen LogP contribution in [0, 0.1) is 5.92 Å². The smallest absolute Gasteiger partial charge is 0.273 e. The summed E-state index contributed by atoms with van der Waals surface area (Å²) in [6.45, 7) is 0.311. The number of hydrogen-bond donors (Lipinski definition) is 1. The number of fused-ring (bicyclic) bond motifs is 1. The normalized spacial score (nSPS) is 24.2. The quantitative estimate of drug-likeness (QED) is 0.710. The second-order valence-corrected chi connectivity index (χ2v) is 3.70. The third kappa shape index (κ3) is 1.74. The average molecular weight is 222 g/mol. The number of imide groups is 1. The monoisotopic (exact) mass is 222 g/mol. The molecule has 3 amide bonds. The number of allylic oxidation sites excluding steroid dienone is 3. The zero-order chi connectivity index (χ0) is 10.8. The standard InChI is InChI=1S/C10H10N2O2S/c13-9-7-3-1-2-4-8(7)11-10(14)12(9)5-6-15/h1-4,7,15H,5-6H2. The van der Waals surface area contributed by atoms with Gasteiger partial charge in [-0.1, -0.05) is 18.2 Å². The number of amides is 3. The summed E-state index contributed by atoms with van der Waals surface area (Å²) in [5.74, 6) is -0.151. The van der Waals surface area contributed by atoms with E-state index in [2.05, 4.69) is 17.6 Å². The summed E-state index contributed by atoms with van der Waals surface area (Å²) in [5, 5.41) is 0. The Morgan fingerprint density at radius 3 is 2.93 bits per heavy atom. The van der Waals surface area contributed by atoms with E-state index in [9.17, 15) is 9.59 Å². The first-order valence-electron chi connectivity index (χ1n) is 4.63. The van der Waals surface area contributed by atoms with E-state index in [4.69, 9.17) is 0 Å². The minimum atomic E-state index is -0.486. The summed E-state index contributed by atoms with van der Waals surface area (Å²) >= 11 is 4.00. The van der Waals surface area contributed by atoms with Crippen LogP contribution in [0.15, 0.2) is 29.3 Å². The van der Waals surface area contributed by atoms with Crippen molar-refractivity contribution in [1.82, 2.24) is 4.90 Å². The van der Waals surface area contributed by atoms with Gasteiger partial charge in [0.15, 0.2) is 0 Å². The molecule has 1 aliphatic carbocycles. The molecule has 0 aromatic carbocycles. The lowest BCUT2D eigenvalue weighted by atomic mass is 9.95. The Bertz CT molecular complexity index is 398. The third-order valence-electron chi connectivity index (χ3n) is 2.31. The van der Waals surface area contributed by atoms with E-state index in [-0.39, 0.29) is 5.91 Å². The first-order chi connectivity index (χ1) is 7.24. The predicted octanol–water partition coefficient (Wildman–Crippen LogP) is 1.06.